The Labute approximate surface area is 118 Å². The number of aromatic nitrogens is 2. The van der Waals surface area contributed by atoms with Crippen molar-refractivity contribution in [2.45, 2.75) is 49.7 Å². The molecular formula is C14H21N3OS. The molecule has 1 aliphatic heterocycles. The summed E-state index contributed by atoms with van der Waals surface area (Å²) in [7, 11) is 0. The number of thioether (sulfide) groups is 1. The number of aromatic amines is 1. The van der Waals surface area contributed by atoms with Gasteiger partial charge in [0.25, 0.3) is 0 Å². The van der Waals surface area contributed by atoms with Crippen LogP contribution in [0.3, 0.4) is 0 Å². The molecule has 1 saturated carbocycles. The molecule has 19 heavy (non-hydrogen) atoms. The van der Waals surface area contributed by atoms with Crippen molar-refractivity contribution < 1.29 is 4.79 Å². The number of H-pyrrole nitrogens is 1. The average molecular weight is 279 g/mol. The van der Waals surface area contributed by atoms with Gasteiger partial charge in [-0.05, 0) is 31.6 Å². The Hall–Kier alpha value is -0.970. The second-order valence-electron chi connectivity index (χ2n) is 5.52. The van der Waals surface area contributed by atoms with Gasteiger partial charge >= 0.3 is 0 Å². The predicted octanol–water partition coefficient (Wildman–Crippen LogP) is 2.68. The molecule has 1 amide bonds. The highest BCUT2D eigenvalue weighted by atomic mass is 32.2. The molecule has 0 spiro atoms. The van der Waals surface area contributed by atoms with Gasteiger partial charge < -0.3 is 9.88 Å². The van der Waals surface area contributed by atoms with Gasteiger partial charge in [0.15, 0.2) is 5.16 Å². The first-order valence-electron chi connectivity index (χ1n) is 7.26. The molecule has 0 bridgehead atoms. The Morgan fingerprint density at radius 3 is 3.05 bits per heavy atom. The quantitative estimate of drug-likeness (QED) is 0.865. The van der Waals surface area contributed by atoms with Crippen LogP contribution in [-0.4, -0.2) is 39.1 Å². The fraction of sp³-hybridized carbons (Fsp3) is 0.714. The van der Waals surface area contributed by atoms with E-state index in [1.165, 1.54) is 50.3 Å². The lowest BCUT2D eigenvalue weighted by Crippen LogP contribution is -2.50. The van der Waals surface area contributed by atoms with Crippen molar-refractivity contribution in [1.82, 2.24) is 14.9 Å². The second kappa shape index (κ2) is 5.99. The van der Waals surface area contributed by atoms with E-state index in [9.17, 15) is 4.79 Å². The zero-order valence-corrected chi connectivity index (χ0v) is 12.0. The number of likely N-dealkylation sites (tertiary alicyclic amines) is 1. The Balaban J connectivity index is 1.58. The molecule has 5 heteroatoms. The van der Waals surface area contributed by atoms with Crippen LogP contribution in [0.25, 0.3) is 0 Å². The second-order valence-corrected chi connectivity index (χ2v) is 6.49. The molecule has 1 saturated heterocycles. The van der Waals surface area contributed by atoms with E-state index < -0.39 is 0 Å². The monoisotopic (exact) mass is 279 g/mol. The summed E-state index contributed by atoms with van der Waals surface area (Å²) < 4.78 is 0. The number of carbonyl (C=O) groups excluding carboxylic acids is 1. The van der Waals surface area contributed by atoms with Crippen LogP contribution in [0, 0.1) is 5.92 Å². The van der Waals surface area contributed by atoms with E-state index in [2.05, 4.69) is 14.9 Å². The van der Waals surface area contributed by atoms with Gasteiger partial charge in [-0.2, -0.15) is 0 Å². The van der Waals surface area contributed by atoms with E-state index in [1.807, 2.05) is 0 Å². The van der Waals surface area contributed by atoms with Crippen molar-refractivity contribution in [3.63, 3.8) is 0 Å². The first kappa shape index (κ1) is 13.0. The molecule has 0 aromatic carbocycles. The number of rotatable bonds is 3. The third kappa shape index (κ3) is 2.96. The van der Waals surface area contributed by atoms with Crippen LogP contribution >= 0.6 is 11.8 Å². The lowest BCUT2D eigenvalue weighted by molar-refractivity contribution is -0.134. The summed E-state index contributed by atoms with van der Waals surface area (Å²) in [6, 6.07) is 0.521. The SMILES string of the molecule is O=C(CSc1ncc[nH]1)N1CCCC2CCCCC21. The fourth-order valence-electron chi connectivity index (χ4n) is 3.48. The Morgan fingerprint density at radius 2 is 2.21 bits per heavy atom. The molecule has 2 unspecified atom stereocenters. The molecule has 2 aliphatic rings. The standard InChI is InChI=1S/C14H21N3OS/c18-13(10-19-14-15-7-8-16-14)17-9-3-5-11-4-1-2-6-12(11)17/h7-8,11-12H,1-6,9-10H2,(H,15,16). The lowest BCUT2D eigenvalue weighted by atomic mass is 9.78. The number of carbonyl (C=O) groups is 1. The summed E-state index contributed by atoms with van der Waals surface area (Å²) in [5.74, 6) is 1.56. The number of nitrogens with one attached hydrogen (secondary N) is 1. The smallest absolute Gasteiger partial charge is 0.233 e. The van der Waals surface area contributed by atoms with Crippen LogP contribution in [0.2, 0.25) is 0 Å². The van der Waals surface area contributed by atoms with E-state index in [1.54, 1.807) is 12.4 Å². The number of fused-ring (bicyclic) bond motifs is 1. The van der Waals surface area contributed by atoms with Crippen LogP contribution in [0.4, 0.5) is 0 Å². The van der Waals surface area contributed by atoms with Crippen molar-refractivity contribution in [3.05, 3.63) is 12.4 Å². The number of nitrogens with zero attached hydrogens (tertiary/aromatic N) is 2. The zero-order valence-electron chi connectivity index (χ0n) is 11.2. The molecule has 1 aromatic rings. The third-order valence-electron chi connectivity index (χ3n) is 4.37. The molecule has 2 fully saturated rings. The fourth-order valence-corrected chi connectivity index (χ4v) is 4.19. The highest BCUT2D eigenvalue weighted by Gasteiger charge is 2.35. The Bertz CT molecular complexity index is 418. The minimum atomic E-state index is 0.290. The number of imidazole rings is 1. The highest BCUT2D eigenvalue weighted by Crippen LogP contribution is 2.35. The molecule has 1 aromatic heterocycles. The van der Waals surface area contributed by atoms with Crippen LogP contribution in [0.15, 0.2) is 17.6 Å². The van der Waals surface area contributed by atoms with Crippen LogP contribution < -0.4 is 0 Å². The van der Waals surface area contributed by atoms with Crippen molar-refractivity contribution >= 4 is 17.7 Å². The van der Waals surface area contributed by atoms with Gasteiger partial charge in [0.1, 0.15) is 0 Å². The van der Waals surface area contributed by atoms with E-state index >= 15 is 0 Å². The van der Waals surface area contributed by atoms with Crippen LogP contribution in [0.5, 0.6) is 0 Å². The summed E-state index contributed by atoms with van der Waals surface area (Å²) in [5, 5.41) is 0.838. The molecule has 2 heterocycles. The highest BCUT2D eigenvalue weighted by molar-refractivity contribution is 7.99. The summed E-state index contributed by atoms with van der Waals surface area (Å²) in [4.78, 5) is 21.8. The number of piperidine rings is 1. The normalized spacial score (nSPS) is 27.1. The molecule has 4 nitrogen and oxygen atoms in total. The maximum absolute atomic E-state index is 12.4. The van der Waals surface area contributed by atoms with Gasteiger partial charge in [-0.25, -0.2) is 4.98 Å². The molecular weight excluding hydrogens is 258 g/mol. The van der Waals surface area contributed by atoms with E-state index in [-0.39, 0.29) is 5.91 Å². The minimum Gasteiger partial charge on any atom is -0.340 e. The van der Waals surface area contributed by atoms with E-state index in [4.69, 9.17) is 0 Å². The number of hydrogen-bond acceptors (Lipinski definition) is 3. The van der Waals surface area contributed by atoms with Crippen LogP contribution in [-0.2, 0) is 4.79 Å². The molecule has 0 radical (unpaired) electrons. The lowest BCUT2D eigenvalue weighted by Gasteiger charge is -2.44. The number of amides is 1. The largest absolute Gasteiger partial charge is 0.340 e. The Morgan fingerprint density at radius 1 is 1.37 bits per heavy atom. The van der Waals surface area contributed by atoms with E-state index in [0.29, 0.717) is 11.8 Å². The van der Waals surface area contributed by atoms with Gasteiger partial charge in [-0.3, -0.25) is 4.79 Å². The summed E-state index contributed by atoms with van der Waals surface area (Å²) in [6.45, 7) is 0.957. The van der Waals surface area contributed by atoms with Crippen molar-refractivity contribution in [2.75, 3.05) is 12.3 Å². The minimum absolute atomic E-state index is 0.290. The third-order valence-corrected chi connectivity index (χ3v) is 5.26. The molecule has 3 rings (SSSR count). The van der Waals surface area contributed by atoms with E-state index in [0.717, 1.165) is 17.6 Å². The molecule has 2 atom stereocenters. The Kier molecular flexibility index (Phi) is 4.11. The van der Waals surface area contributed by atoms with Gasteiger partial charge in [0, 0.05) is 25.0 Å². The number of hydrogen-bond donors (Lipinski definition) is 1. The predicted molar refractivity (Wildman–Crippen MR) is 76.0 cm³/mol. The van der Waals surface area contributed by atoms with Gasteiger partial charge in [0.2, 0.25) is 5.91 Å². The average Bonchev–Trinajstić information content (AvgIpc) is 2.97. The van der Waals surface area contributed by atoms with Crippen LogP contribution in [0.1, 0.15) is 38.5 Å². The topological polar surface area (TPSA) is 49.0 Å². The summed E-state index contributed by atoms with van der Waals surface area (Å²) in [5.41, 5.74) is 0. The zero-order chi connectivity index (χ0) is 13.1. The molecule has 104 valence electrons. The molecule has 1 N–H and O–H groups in total. The maximum Gasteiger partial charge on any atom is 0.233 e. The summed E-state index contributed by atoms with van der Waals surface area (Å²) >= 11 is 1.51. The van der Waals surface area contributed by atoms with Gasteiger partial charge in [-0.15, -0.1) is 0 Å². The molecule has 1 aliphatic carbocycles. The van der Waals surface area contributed by atoms with Crippen molar-refractivity contribution in [1.29, 1.82) is 0 Å². The van der Waals surface area contributed by atoms with Crippen molar-refractivity contribution in [2.24, 2.45) is 5.92 Å². The first-order valence-corrected chi connectivity index (χ1v) is 8.25. The maximum atomic E-state index is 12.4. The van der Waals surface area contributed by atoms with Crippen molar-refractivity contribution in [3.8, 4) is 0 Å². The first-order chi connectivity index (χ1) is 9.34. The van der Waals surface area contributed by atoms with Gasteiger partial charge in [-0.1, -0.05) is 24.6 Å². The van der Waals surface area contributed by atoms with Gasteiger partial charge in [0.05, 0.1) is 5.75 Å². The summed E-state index contributed by atoms with van der Waals surface area (Å²) in [6.07, 6.45) is 11.2.